The molecule has 1 aromatic carbocycles. The maximum absolute atomic E-state index is 11.4. The van der Waals surface area contributed by atoms with Crippen LogP contribution in [-0.4, -0.2) is 25.1 Å². The van der Waals surface area contributed by atoms with Gasteiger partial charge in [-0.1, -0.05) is 19.1 Å². The molecular weight excluding hydrogens is 228 g/mol. The Morgan fingerprint density at radius 3 is 2.72 bits per heavy atom. The molecule has 0 atom stereocenters. The first kappa shape index (κ1) is 14.5. The molecule has 0 fully saturated rings. The molecule has 0 unspecified atom stereocenters. The summed E-state index contributed by atoms with van der Waals surface area (Å²) >= 11 is 0. The van der Waals surface area contributed by atoms with Crippen molar-refractivity contribution in [2.75, 3.05) is 14.2 Å². The third-order valence-corrected chi connectivity index (χ3v) is 2.98. The number of rotatable bonds is 6. The largest absolute Gasteiger partial charge is 0.496 e. The molecule has 2 N–H and O–H groups in total. The summed E-state index contributed by atoms with van der Waals surface area (Å²) in [5.41, 5.74) is 2.44. The standard InChI is InChI=1S/C14H22N2O2/c1-4-11-8-9-13(18-3)12(10-11)6-5-7-14(17)16(2)15/h8-10H,4-7,15H2,1-3H3. The van der Waals surface area contributed by atoms with E-state index in [0.717, 1.165) is 35.6 Å². The van der Waals surface area contributed by atoms with Crippen molar-refractivity contribution in [1.82, 2.24) is 5.01 Å². The number of carbonyl (C=O) groups excluding carboxylic acids is 1. The van der Waals surface area contributed by atoms with Gasteiger partial charge in [-0.3, -0.25) is 9.80 Å². The van der Waals surface area contributed by atoms with E-state index in [9.17, 15) is 4.79 Å². The zero-order valence-electron chi connectivity index (χ0n) is 11.4. The molecule has 0 heterocycles. The van der Waals surface area contributed by atoms with Gasteiger partial charge >= 0.3 is 0 Å². The summed E-state index contributed by atoms with van der Waals surface area (Å²) < 4.78 is 5.33. The van der Waals surface area contributed by atoms with E-state index >= 15 is 0 Å². The minimum absolute atomic E-state index is 0.0411. The fourth-order valence-corrected chi connectivity index (χ4v) is 1.85. The number of carbonyl (C=O) groups is 1. The first-order valence-electron chi connectivity index (χ1n) is 6.25. The first-order valence-corrected chi connectivity index (χ1v) is 6.25. The summed E-state index contributed by atoms with van der Waals surface area (Å²) in [6.45, 7) is 2.12. The molecule has 0 saturated carbocycles. The van der Waals surface area contributed by atoms with Gasteiger partial charge in [0.15, 0.2) is 0 Å². The molecule has 18 heavy (non-hydrogen) atoms. The van der Waals surface area contributed by atoms with Gasteiger partial charge in [-0.2, -0.15) is 0 Å². The number of aryl methyl sites for hydroxylation is 2. The molecule has 0 aliphatic rings. The molecule has 0 aliphatic carbocycles. The Bertz CT molecular complexity index is 403. The van der Waals surface area contributed by atoms with Crippen molar-refractivity contribution in [1.29, 1.82) is 0 Å². The minimum atomic E-state index is -0.0411. The van der Waals surface area contributed by atoms with Gasteiger partial charge in [0.1, 0.15) is 5.75 Å². The molecule has 0 bridgehead atoms. The van der Waals surface area contributed by atoms with Gasteiger partial charge < -0.3 is 4.74 Å². The Labute approximate surface area is 109 Å². The van der Waals surface area contributed by atoms with Gasteiger partial charge in [-0.25, -0.2) is 5.84 Å². The Morgan fingerprint density at radius 1 is 1.44 bits per heavy atom. The van der Waals surface area contributed by atoms with Crippen LogP contribution in [0, 0.1) is 0 Å². The lowest BCUT2D eigenvalue weighted by Crippen LogP contribution is -2.32. The minimum Gasteiger partial charge on any atom is -0.496 e. The Morgan fingerprint density at radius 2 is 2.17 bits per heavy atom. The molecule has 0 saturated heterocycles. The van der Waals surface area contributed by atoms with E-state index in [4.69, 9.17) is 10.6 Å². The highest BCUT2D eigenvalue weighted by Gasteiger charge is 2.07. The lowest BCUT2D eigenvalue weighted by Gasteiger charge is -2.12. The molecule has 4 heteroatoms. The molecule has 1 aromatic rings. The molecule has 0 radical (unpaired) electrons. The van der Waals surface area contributed by atoms with Crippen LogP contribution in [0.1, 0.15) is 30.9 Å². The topological polar surface area (TPSA) is 55.6 Å². The van der Waals surface area contributed by atoms with Crippen LogP contribution in [0.3, 0.4) is 0 Å². The first-order chi connectivity index (χ1) is 8.58. The van der Waals surface area contributed by atoms with Crippen LogP contribution in [0.15, 0.2) is 18.2 Å². The predicted molar refractivity (Wildman–Crippen MR) is 72.3 cm³/mol. The highest BCUT2D eigenvalue weighted by molar-refractivity contribution is 5.75. The van der Waals surface area contributed by atoms with Gasteiger partial charge in [0.2, 0.25) is 5.91 Å². The molecule has 0 aliphatic heterocycles. The number of hydrogen-bond donors (Lipinski definition) is 1. The van der Waals surface area contributed by atoms with Crippen molar-refractivity contribution in [3.63, 3.8) is 0 Å². The van der Waals surface area contributed by atoms with Gasteiger partial charge in [0.05, 0.1) is 7.11 Å². The molecule has 0 aromatic heterocycles. The maximum atomic E-state index is 11.4. The fourth-order valence-electron chi connectivity index (χ4n) is 1.85. The summed E-state index contributed by atoms with van der Waals surface area (Å²) in [4.78, 5) is 11.4. The quantitative estimate of drug-likeness (QED) is 0.477. The number of nitrogens with two attached hydrogens (primary N) is 1. The number of benzene rings is 1. The molecular formula is C14H22N2O2. The number of ether oxygens (including phenoxy) is 1. The Kier molecular flexibility index (Phi) is 5.65. The van der Waals surface area contributed by atoms with Crippen LogP contribution < -0.4 is 10.6 Å². The third kappa shape index (κ3) is 4.04. The zero-order valence-corrected chi connectivity index (χ0v) is 11.4. The van der Waals surface area contributed by atoms with E-state index in [2.05, 4.69) is 19.1 Å². The molecule has 1 amide bonds. The van der Waals surface area contributed by atoms with Crippen LogP contribution in [-0.2, 0) is 17.6 Å². The SMILES string of the molecule is CCc1ccc(OC)c(CCCC(=O)N(C)N)c1. The Balaban J connectivity index is 2.62. The average Bonchev–Trinajstić information content (AvgIpc) is 2.38. The molecule has 100 valence electrons. The second-order valence-electron chi connectivity index (χ2n) is 4.36. The van der Waals surface area contributed by atoms with E-state index in [0.29, 0.717) is 6.42 Å². The highest BCUT2D eigenvalue weighted by Crippen LogP contribution is 2.22. The van der Waals surface area contributed by atoms with Gasteiger partial charge in [0, 0.05) is 13.5 Å². The van der Waals surface area contributed by atoms with E-state index in [1.54, 1.807) is 14.2 Å². The van der Waals surface area contributed by atoms with E-state index in [1.807, 2.05) is 6.07 Å². The van der Waals surface area contributed by atoms with Crippen molar-refractivity contribution < 1.29 is 9.53 Å². The lowest BCUT2D eigenvalue weighted by atomic mass is 10.0. The Hall–Kier alpha value is -1.55. The lowest BCUT2D eigenvalue weighted by molar-refractivity contribution is -0.130. The maximum Gasteiger partial charge on any atom is 0.236 e. The molecule has 1 rings (SSSR count). The summed E-state index contributed by atoms with van der Waals surface area (Å²) in [6.07, 6.45) is 3.08. The second kappa shape index (κ2) is 7.01. The average molecular weight is 250 g/mol. The fraction of sp³-hybridized carbons (Fsp3) is 0.500. The van der Waals surface area contributed by atoms with Crippen molar-refractivity contribution in [2.24, 2.45) is 5.84 Å². The van der Waals surface area contributed by atoms with Crippen molar-refractivity contribution >= 4 is 5.91 Å². The van der Waals surface area contributed by atoms with E-state index < -0.39 is 0 Å². The third-order valence-electron chi connectivity index (χ3n) is 2.98. The monoisotopic (exact) mass is 250 g/mol. The number of hydrogen-bond acceptors (Lipinski definition) is 3. The summed E-state index contributed by atoms with van der Waals surface area (Å²) in [7, 11) is 3.24. The van der Waals surface area contributed by atoms with Crippen LogP contribution >= 0.6 is 0 Å². The van der Waals surface area contributed by atoms with Crippen LogP contribution in [0.25, 0.3) is 0 Å². The summed E-state index contributed by atoms with van der Waals surface area (Å²) in [6, 6.07) is 6.21. The predicted octanol–water partition coefficient (Wildman–Crippen LogP) is 1.91. The normalized spacial score (nSPS) is 10.2. The van der Waals surface area contributed by atoms with Gasteiger partial charge in [0.25, 0.3) is 0 Å². The van der Waals surface area contributed by atoms with Crippen LogP contribution in [0.5, 0.6) is 5.75 Å². The van der Waals surface area contributed by atoms with Gasteiger partial charge in [-0.15, -0.1) is 0 Å². The second-order valence-corrected chi connectivity index (χ2v) is 4.36. The van der Waals surface area contributed by atoms with Crippen LogP contribution in [0.2, 0.25) is 0 Å². The molecule has 0 spiro atoms. The number of amides is 1. The zero-order chi connectivity index (χ0) is 13.5. The molecule has 4 nitrogen and oxygen atoms in total. The van der Waals surface area contributed by atoms with Crippen molar-refractivity contribution in [3.8, 4) is 5.75 Å². The van der Waals surface area contributed by atoms with Crippen molar-refractivity contribution in [2.45, 2.75) is 32.6 Å². The summed E-state index contributed by atoms with van der Waals surface area (Å²) in [5, 5.41) is 1.14. The number of nitrogens with zero attached hydrogens (tertiary/aromatic N) is 1. The van der Waals surface area contributed by atoms with Crippen LogP contribution in [0.4, 0.5) is 0 Å². The van der Waals surface area contributed by atoms with Gasteiger partial charge in [-0.05, 0) is 36.5 Å². The highest BCUT2D eigenvalue weighted by atomic mass is 16.5. The van der Waals surface area contributed by atoms with Crippen molar-refractivity contribution in [3.05, 3.63) is 29.3 Å². The number of hydrazine groups is 1. The summed E-state index contributed by atoms with van der Waals surface area (Å²) in [5.74, 6) is 6.22. The van der Waals surface area contributed by atoms with E-state index in [1.165, 1.54) is 5.56 Å². The van der Waals surface area contributed by atoms with E-state index in [-0.39, 0.29) is 5.91 Å². The number of methoxy groups -OCH3 is 1. The smallest absolute Gasteiger partial charge is 0.236 e.